The smallest absolute Gasteiger partial charge is 0.320 e. The van der Waals surface area contributed by atoms with Gasteiger partial charge >= 0.3 is 5.97 Å². The summed E-state index contributed by atoms with van der Waals surface area (Å²) in [5.41, 5.74) is 5.24. The Morgan fingerprint density at radius 2 is 2.27 bits per heavy atom. The van der Waals surface area contributed by atoms with Gasteiger partial charge in [-0.25, -0.2) is 0 Å². The molecule has 0 amide bonds. The van der Waals surface area contributed by atoms with Crippen LogP contribution < -0.4 is 5.73 Å². The van der Waals surface area contributed by atoms with Crippen LogP contribution >= 0.6 is 11.6 Å². The molecule has 0 saturated heterocycles. The molecule has 0 fully saturated rings. The van der Waals surface area contributed by atoms with Crippen molar-refractivity contribution in [2.24, 2.45) is 5.73 Å². The molecule has 1 aromatic rings. The fraction of sp³-hybridized carbons (Fsp3) is 0.222. The zero-order chi connectivity index (χ0) is 11.4. The average molecular weight is 248 g/mol. The van der Waals surface area contributed by atoms with Gasteiger partial charge < -0.3 is 10.8 Å². The van der Waals surface area contributed by atoms with E-state index in [9.17, 15) is 9.00 Å². The van der Waals surface area contributed by atoms with Crippen molar-refractivity contribution >= 4 is 28.4 Å². The van der Waals surface area contributed by atoms with Crippen LogP contribution in [0.1, 0.15) is 0 Å². The molecule has 2 atom stereocenters. The summed E-state index contributed by atoms with van der Waals surface area (Å²) in [5.74, 6) is -1.17. The van der Waals surface area contributed by atoms with E-state index in [2.05, 4.69) is 0 Å². The summed E-state index contributed by atoms with van der Waals surface area (Å²) >= 11 is 5.70. The zero-order valence-electron chi connectivity index (χ0n) is 7.72. The third kappa shape index (κ3) is 3.02. The Labute approximate surface area is 94.5 Å². The number of hydrogen-bond donors (Lipinski definition) is 2. The van der Waals surface area contributed by atoms with Gasteiger partial charge in [0.1, 0.15) is 5.25 Å². The Morgan fingerprint density at radius 3 is 2.73 bits per heavy atom. The highest BCUT2D eigenvalue weighted by Gasteiger charge is 2.24. The summed E-state index contributed by atoms with van der Waals surface area (Å²) in [5, 5.41) is 8.09. The average Bonchev–Trinajstić information content (AvgIpc) is 2.18. The molecule has 0 aliphatic carbocycles. The predicted molar refractivity (Wildman–Crippen MR) is 58.3 cm³/mol. The van der Waals surface area contributed by atoms with E-state index in [1.807, 2.05) is 0 Å². The minimum absolute atomic E-state index is 0.172. The van der Waals surface area contributed by atoms with Crippen molar-refractivity contribution in [1.29, 1.82) is 0 Å². The van der Waals surface area contributed by atoms with Crippen molar-refractivity contribution in [3.63, 3.8) is 0 Å². The van der Waals surface area contributed by atoms with Crippen LogP contribution in [-0.2, 0) is 15.6 Å². The van der Waals surface area contributed by atoms with Crippen molar-refractivity contribution < 1.29 is 14.1 Å². The lowest BCUT2D eigenvalue weighted by Gasteiger charge is -2.09. The molecule has 4 nitrogen and oxygen atoms in total. The third-order valence-electron chi connectivity index (χ3n) is 1.78. The molecule has 0 aromatic heterocycles. The van der Waals surface area contributed by atoms with Crippen molar-refractivity contribution in [3.8, 4) is 0 Å². The van der Waals surface area contributed by atoms with Gasteiger partial charge in [0.2, 0.25) is 0 Å². The Kier molecular flexibility index (Phi) is 4.26. The molecule has 3 N–H and O–H groups in total. The first-order chi connectivity index (χ1) is 7.06. The predicted octanol–water partition coefficient (Wildman–Crippen LogP) is 0.859. The van der Waals surface area contributed by atoms with Gasteiger partial charge in [0, 0.05) is 16.5 Å². The van der Waals surface area contributed by atoms with E-state index < -0.39 is 22.0 Å². The topological polar surface area (TPSA) is 80.4 Å². The number of carboxylic acid groups (broad SMARTS) is 1. The Hall–Kier alpha value is -0.910. The van der Waals surface area contributed by atoms with Crippen LogP contribution in [0, 0.1) is 0 Å². The van der Waals surface area contributed by atoms with E-state index in [1.54, 1.807) is 18.2 Å². The Balaban J connectivity index is 2.98. The lowest BCUT2D eigenvalue weighted by atomic mass is 10.4. The highest BCUT2D eigenvalue weighted by molar-refractivity contribution is 7.86. The number of carboxylic acids is 1. The maximum absolute atomic E-state index is 11.8. The first-order valence-corrected chi connectivity index (χ1v) is 5.74. The number of hydrogen-bond acceptors (Lipinski definition) is 3. The largest absolute Gasteiger partial charge is 0.480 e. The maximum atomic E-state index is 11.8. The molecular formula is C9H10ClNO3S. The number of halogens is 1. The summed E-state index contributed by atoms with van der Waals surface area (Å²) in [6.45, 7) is -0.172. The molecule has 82 valence electrons. The van der Waals surface area contributed by atoms with Crippen LogP contribution in [0.2, 0.25) is 5.02 Å². The summed E-state index contributed by atoms with van der Waals surface area (Å²) in [6.07, 6.45) is 0. The number of aliphatic carboxylic acids is 1. The molecule has 0 heterocycles. The first-order valence-electron chi connectivity index (χ1n) is 4.15. The van der Waals surface area contributed by atoms with Crippen molar-refractivity contribution in [1.82, 2.24) is 0 Å². The summed E-state index contributed by atoms with van der Waals surface area (Å²) in [7, 11) is -1.67. The molecular weight excluding hydrogens is 238 g/mol. The highest BCUT2D eigenvalue weighted by Crippen LogP contribution is 2.16. The van der Waals surface area contributed by atoms with Gasteiger partial charge in [0.25, 0.3) is 0 Å². The number of rotatable bonds is 4. The van der Waals surface area contributed by atoms with E-state index in [1.165, 1.54) is 6.07 Å². The number of carbonyl (C=O) groups is 1. The fourth-order valence-electron chi connectivity index (χ4n) is 1.04. The van der Waals surface area contributed by atoms with Gasteiger partial charge in [0.05, 0.1) is 10.8 Å². The van der Waals surface area contributed by atoms with E-state index in [4.69, 9.17) is 22.4 Å². The van der Waals surface area contributed by atoms with Crippen LogP contribution in [0.15, 0.2) is 29.2 Å². The van der Waals surface area contributed by atoms with Gasteiger partial charge in [-0.15, -0.1) is 0 Å². The van der Waals surface area contributed by atoms with E-state index in [-0.39, 0.29) is 6.54 Å². The lowest BCUT2D eigenvalue weighted by molar-refractivity contribution is -0.136. The minimum Gasteiger partial charge on any atom is -0.480 e. The SMILES string of the molecule is NCC(C(=O)O)S(=O)c1cccc(Cl)c1. The second kappa shape index (κ2) is 5.25. The van der Waals surface area contributed by atoms with Gasteiger partial charge in [-0.3, -0.25) is 9.00 Å². The van der Waals surface area contributed by atoms with Crippen LogP contribution in [0.3, 0.4) is 0 Å². The maximum Gasteiger partial charge on any atom is 0.320 e. The second-order valence-electron chi connectivity index (χ2n) is 2.82. The molecule has 0 saturated carbocycles. The molecule has 0 bridgehead atoms. The normalized spacial score (nSPS) is 14.5. The molecule has 2 unspecified atom stereocenters. The van der Waals surface area contributed by atoms with Gasteiger partial charge in [0.15, 0.2) is 0 Å². The summed E-state index contributed by atoms with van der Waals surface area (Å²) in [6, 6.07) is 6.28. The molecule has 6 heteroatoms. The van der Waals surface area contributed by atoms with Crippen LogP contribution in [-0.4, -0.2) is 27.1 Å². The molecule has 0 aliphatic rings. The first kappa shape index (κ1) is 12.2. The highest BCUT2D eigenvalue weighted by atomic mass is 35.5. The molecule has 1 rings (SSSR count). The number of nitrogens with two attached hydrogens (primary N) is 1. The monoisotopic (exact) mass is 247 g/mol. The quantitative estimate of drug-likeness (QED) is 0.827. The standard InChI is InChI=1S/C9H10ClNO3S/c10-6-2-1-3-7(4-6)15(14)8(5-11)9(12)13/h1-4,8H,5,11H2,(H,12,13). The van der Waals surface area contributed by atoms with Gasteiger partial charge in [-0.2, -0.15) is 0 Å². The van der Waals surface area contributed by atoms with E-state index >= 15 is 0 Å². The fourth-order valence-corrected chi connectivity index (χ4v) is 2.43. The van der Waals surface area contributed by atoms with Crippen LogP contribution in [0.4, 0.5) is 0 Å². The van der Waals surface area contributed by atoms with E-state index in [0.29, 0.717) is 9.92 Å². The number of benzene rings is 1. The third-order valence-corrected chi connectivity index (χ3v) is 3.64. The Bertz CT molecular complexity index is 397. The molecule has 0 spiro atoms. The van der Waals surface area contributed by atoms with Gasteiger partial charge in [-0.1, -0.05) is 17.7 Å². The van der Waals surface area contributed by atoms with Crippen molar-refractivity contribution in [2.75, 3.05) is 6.54 Å². The molecule has 15 heavy (non-hydrogen) atoms. The van der Waals surface area contributed by atoms with Crippen molar-refractivity contribution in [3.05, 3.63) is 29.3 Å². The summed E-state index contributed by atoms with van der Waals surface area (Å²) < 4.78 is 11.8. The molecule has 0 aliphatic heterocycles. The zero-order valence-corrected chi connectivity index (χ0v) is 9.29. The van der Waals surface area contributed by atoms with E-state index in [0.717, 1.165) is 0 Å². The van der Waals surface area contributed by atoms with Crippen LogP contribution in [0.5, 0.6) is 0 Å². The second-order valence-corrected chi connectivity index (χ2v) is 4.89. The van der Waals surface area contributed by atoms with Crippen LogP contribution in [0.25, 0.3) is 0 Å². The van der Waals surface area contributed by atoms with Crippen molar-refractivity contribution in [2.45, 2.75) is 10.1 Å². The molecule has 0 radical (unpaired) electrons. The molecule has 1 aromatic carbocycles. The summed E-state index contributed by atoms with van der Waals surface area (Å²) in [4.78, 5) is 11.1. The lowest BCUT2D eigenvalue weighted by Crippen LogP contribution is -2.33. The Morgan fingerprint density at radius 1 is 1.60 bits per heavy atom. The van der Waals surface area contributed by atoms with Gasteiger partial charge in [-0.05, 0) is 18.2 Å². The minimum atomic E-state index is -1.67.